The molecule has 2 bridgehead atoms. The van der Waals surface area contributed by atoms with Gasteiger partial charge in [0.15, 0.2) is 5.84 Å². The first-order chi connectivity index (χ1) is 28.8. The molecule has 4 fully saturated rings. The van der Waals surface area contributed by atoms with Crippen LogP contribution in [0.3, 0.4) is 0 Å². The van der Waals surface area contributed by atoms with E-state index in [0.717, 1.165) is 65.7 Å². The van der Waals surface area contributed by atoms with Crippen LogP contribution in [-0.4, -0.2) is 95.5 Å². The van der Waals surface area contributed by atoms with E-state index in [1.807, 2.05) is 38.1 Å². The van der Waals surface area contributed by atoms with Gasteiger partial charge < -0.3 is 15.5 Å². The highest BCUT2D eigenvalue weighted by atomic mass is 35.5. The number of carbonyl (C=O) groups is 1. The fourth-order valence-corrected chi connectivity index (χ4v) is 7.90. The van der Waals surface area contributed by atoms with Gasteiger partial charge in [-0.2, -0.15) is 13.2 Å². The van der Waals surface area contributed by atoms with Crippen molar-refractivity contribution in [1.82, 2.24) is 30.6 Å². The number of amides is 1. The van der Waals surface area contributed by atoms with E-state index in [1.54, 1.807) is 24.5 Å². The number of piperidine rings is 1. The van der Waals surface area contributed by atoms with E-state index in [4.69, 9.17) is 11.6 Å². The first-order valence-corrected chi connectivity index (χ1v) is 20.6. The third-order valence-electron chi connectivity index (χ3n) is 10.9. The van der Waals surface area contributed by atoms with Crippen LogP contribution < -0.4 is 21.0 Å². The first kappa shape index (κ1) is 44.3. The molecule has 5 heterocycles. The number of aromatic nitrogens is 2. The van der Waals surface area contributed by atoms with E-state index in [0.29, 0.717) is 48.6 Å². The second kappa shape index (κ2) is 19.8. The molecule has 3 saturated heterocycles. The number of nitrogens with zero attached hydrogens (tertiary/aromatic N) is 7. The van der Waals surface area contributed by atoms with Crippen molar-refractivity contribution in [2.24, 2.45) is 9.98 Å². The zero-order chi connectivity index (χ0) is 43.0. The summed E-state index contributed by atoms with van der Waals surface area (Å²) >= 11 is 6.11. The molecule has 8 rings (SSSR count). The highest BCUT2D eigenvalue weighted by molar-refractivity contribution is 6.33. The lowest BCUT2D eigenvalue weighted by Crippen LogP contribution is -2.72. The quantitative estimate of drug-likeness (QED) is 0.140. The Balaban J connectivity index is 0.000000937. The number of aliphatic imine (C=N–C) groups is 2. The van der Waals surface area contributed by atoms with Crippen molar-refractivity contribution in [3.63, 3.8) is 0 Å². The average Bonchev–Trinajstić information content (AvgIpc) is 3.26. The van der Waals surface area contributed by atoms with Crippen molar-refractivity contribution < 1.29 is 22.4 Å². The second-order valence-electron chi connectivity index (χ2n) is 15.2. The molecule has 16 heteroatoms. The fourth-order valence-electron chi connectivity index (χ4n) is 7.67. The number of rotatable bonds is 10. The molecule has 1 saturated carbocycles. The lowest BCUT2D eigenvalue weighted by atomic mass is 9.79. The van der Waals surface area contributed by atoms with Gasteiger partial charge in [-0.15, -0.1) is 0 Å². The van der Waals surface area contributed by atoms with Crippen LogP contribution in [0.25, 0.3) is 0 Å². The van der Waals surface area contributed by atoms with E-state index < -0.39 is 23.8 Å². The smallest absolute Gasteiger partial charge is 0.338 e. The van der Waals surface area contributed by atoms with Gasteiger partial charge in [-0.3, -0.25) is 20.1 Å². The number of hydrogen-bond donors (Lipinski definition) is 3. The highest BCUT2D eigenvalue weighted by Gasteiger charge is 2.49. The maximum atomic E-state index is 13.3. The summed E-state index contributed by atoms with van der Waals surface area (Å²) in [6.45, 7) is 11.9. The number of carbonyl (C=O) groups excluding carboxylic acids is 1. The van der Waals surface area contributed by atoms with Gasteiger partial charge in [0.1, 0.15) is 19.1 Å². The van der Waals surface area contributed by atoms with Crippen LogP contribution in [-0.2, 0) is 11.0 Å². The summed E-state index contributed by atoms with van der Waals surface area (Å²) in [5.41, 5.74) is 6.62. The molecule has 3 N–H and O–H groups in total. The first-order valence-electron chi connectivity index (χ1n) is 20.3. The fraction of sp³-hybridized carbons (Fsp3) is 0.432. The molecule has 11 nitrogen and oxygen atoms in total. The molecule has 0 radical (unpaired) electrons. The van der Waals surface area contributed by atoms with Crippen LogP contribution in [0.1, 0.15) is 81.5 Å². The Labute approximate surface area is 354 Å². The van der Waals surface area contributed by atoms with Crippen LogP contribution in [0, 0.1) is 11.8 Å². The number of allylic oxidation sites excluding steroid dienone is 2. The van der Waals surface area contributed by atoms with E-state index in [2.05, 4.69) is 64.2 Å². The average molecular weight is 847 g/mol. The topological polar surface area (TPSA) is 113 Å². The predicted octanol–water partition coefficient (Wildman–Crippen LogP) is 7.75. The number of alkyl halides is 4. The van der Waals surface area contributed by atoms with Gasteiger partial charge in [-0.05, 0) is 94.1 Å². The Hall–Kier alpha value is -5.30. The van der Waals surface area contributed by atoms with Gasteiger partial charge in [0.25, 0.3) is 0 Å². The highest BCUT2D eigenvalue weighted by Crippen LogP contribution is 2.41. The summed E-state index contributed by atoms with van der Waals surface area (Å²) in [4.78, 5) is 36.8. The minimum Gasteiger partial charge on any atom is -0.338 e. The van der Waals surface area contributed by atoms with Crippen molar-refractivity contribution in [3.8, 4) is 11.8 Å². The van der Waals surface area contributed by atoms with E-state index in [1.165, 1.54) is 38.9 Å². The Morgan fingerprint density at radius 3 is 2.25 bits per heavy atom. The molecule has 60 heavy (non-hydrogen) atoms. The summed E-state index contributed by atoms with van der Waals surface area (Å²) < 4.78 is 51.1. The third kappa shape index (κ3) is 10.9. The molecule has 3 unspecified atom stereocenters. The minimum absolute atomic E-state index is 0.0512. The van der Waals surface area contributed by atoms with Gasteiger partial charge in [0.05, 0.1) is 27.5 Å². The van der Waals surface area contributed by atoms with Crippen LogP contribution in [0.5, 0.6) is 0 Å². The van der Waals surface area contributed by atoms with Crippen molar-refractivity contribution in [2.75, 3.05) is 43.4 Å². The van der Waals surface area contributed by atoms with E-state index in [9.17, 15) is 22.4 Å². The van der Waals surface area contributed by atoms with Crippen molar-refractivity contribution >= 4 is 41.3 Å². The lowest BCUT2D eigenvalue weighted by Gasteiger charge is -2.61. The lowest BCUT2D eigenvalue weighted by molar-refractivity contribution is -0.137. The molecule has 0 spiro atoms. The molecular weight excluding hydrogens is 796 g/mol. The van der Waals surface area contributed by atoms with Crippen molar-refractivity contribution in [2.45, 2.75) is 89.8 Å². The van der Waals surface area contributed by atoms with Crippen LogP contribution >= 0.6 is 11.6 Å². The largest absolute Gasteiger partial charge is 0.416 e. The van der Waals surface area contributed by atoms with Gasteiger partial charge in [-0.1, -0.05) is 50.3 Å². The van der Waals surface area contributed by atoms with Crippen LogP contribution in [0.15, 0.2) is 88.4 Å². The summed E-state index contributed by atoms with van der Waals surface area (Å²) in [5.74, 6) is 6.95. The van der Waals surface area contributed by atoms with Crippen molar-refractivity contribution in [1.29, 1.82) is 0 Å². The zero-order valence-electron chi connectivity index (χ0n) is 34.3. The zero-order valence-corrected chi connectivity index (χ0v) is 35.0. The number of anilines is 2. The van der Waals surface area contributed by atoms with Crippen LogP contribution in [0.4, 0.5) is 29.2 Å². The number of hydrogen-bond acceptors (Lipinski definition) is 10. The molecule has 5 aliphatic rings. The Morgan fingerprint density at radius 2 is 1.70 bits per heavy atom. The third-order valence-corrected chi connectivity index (χ3v) is 11.2. The summed E-state index contributed by atoms with van der Waals surface area (Å²) in [6.07, 6.45) is 6.22. The Kier molecular flexibility index (Phi) is 14.6. The second-order valence-corrected chi connectivity index (χ2v) is 15.6. The molecular formula is C44H51ClF4N10O. The number of halogens is 5. The summed E-state index contributed by atoms with van der Waals surface area (Å²) in [5, 5.41) is 6.62. The maximum absolute atomic E-state index is 13.3. The molecule has 318 valence electrons. The molecule has 3 aromatic rings. The van der Waals surface area contributed by atoms with Gasteiger partial charge in [0.2, 0.25) is 11.9 Å². The Bertz CT molecular complexity index is 2150. The normalized spacial score (nSPS) is 21.0. The summed E-state index contributed by atoms with van der Waals surface area (Å²) in [7, 11) is 1.73. The number of piperazine rings is 1. The monoisotopic (exact) mass is 846 g/mol. The number of amidine groups is 1. The molecule has 3 atom stereocenters. The van der Waals surface area contributed by atoms with Crippen LogP contribution in [0.2, 0.25) is 5.02 Å². The standard InChI is InChI=1S/C40H41ClF3N9O.C4H10FN/c1-4-33-25(3)52(23-37(54)49-36-16-15-29(17-34(36)41)40(42,43)44)50-38(48-24-47-35(33)5-2)28-13-11-26(12-14-28)9-10-27-19-45-39(46-20-27)51-21-31-18-32(22-51)53(31)30-7-6-8-30;1-4(5)3-6-2/h11-17,19-20,24,30-32H,3-8,18,21-23H2,1-2H3,(H,49,54)(H,47,48,50);4,6H,3H2,1-2H3/b35-33-;. The molecule has 1 amide bonds. The number of benzene rings is 2. The van der Waals surface area contributed by atoms with E-state index >= 15 is 0 Å². The molecule has 2 aromatic carbocycles. The SMILES string of the molecule is C=C1/C(CC)=C(/CC)N=CN=C(c2ccc(C#Cc3cnc(N4CC5CC(C4)N5C4CCC4)nc3)cc2)NN1CC(=O)Nc1ccc(C(F)(F)F)cc1Cl.CNCC(C)F. The number of fused-ring (bicyclic) bond motifs is 2. The van der Waals surface area contributed by atoms with Gasteiger partial charge in [0, 0.05) is 67.0 Å². The molecule has 1 aromatic heterocycles. The predicted molar refractivity (Wildman–Crippen MR) is 230 cm³/mol. The number of hydrazine groups is 1. The van der Waals surface area contributed by atoms with Crippen molar-refractivity contribution in [3.05, 3.63) is 106 Å². The number of nitrogens with one attached hydrogen (secondary N) is 3. The maximum Gasteiger partial charge on any atom is 0.416 e. The molecule has 4 aliphatic heterocycles. The van der Waals surface area contributed by atoms with Gasteiger partial charge >= 0.3 is 6.18 Å². The van der Waals surface area contributed by atoms with E-state index in [-0.39, 0.29) is 17.3 Å². The Morgan fingerprint density at radius 1 is 1.02 bits per heavy atom. The van der Waals surface area contributed by atoms with Gasteiger partial charge in [-0.25, -0.2) is 24.3 Å². The summed E-state index contributed by atoms with van der Waals surface area (Å²) in [6, 6.07) is 12.2. The minimum atomic E-state index is -4.56. The molecule has 1 aliphatic carbocycles.